The van der Waals surface area contributed by atoms with Crippen LogP contribution in [-0.2, 0) is 11.3 Å². The van der Waals surface area contributed by atoms with Gasteiger partial charge < -0.3 is 9.88 Å². The summed E-state index contributed by atoms with van der Waals surface area (Å²) in [4.78, 5) is 17.0. The summed E-state index contributed by atoms with van der Waals surface area (Å²) in [5.74, 6) is 0.468. The van der Waals surface area contributed by atoms with Crippen molar-refractivity contribution < 1.29 is 4.79 Å². The molecule has 0 aliphatic rings. The first-order valence-electron chi connectivity index (χ1n) is 8.12. The van der Waals surface area contributed by atoms with E-state index in [4.69, 9.17) is 23.8 Å². The lowest BCUT2D eigenvalue weighted by Gasteiger charge is -2.12. The topological polar surface area (TPSA) is 71.0 Å². The Hall–Kier alpha value is -2.64. The summed E-state index contributed by atoms with van der Waals surface area (Å²) in [6, 6.07) is 15.1. The van der Waals surface area contributed by atoms with E-state index in [0.717, 1.165) is 16.6 Å². The summed E-state index contributed by atoms with van der Waals surface area (Å²) < 4.78 is 1.87. The lowest BCUT2D eigenvalue weighted by Crippen LogP contribution is -2.47. The number of benzene rings is 2. The van der Waals surface area contributed by atoms with E-state index >= 15 is 0 Å². The first-order chi connectivity index (χ1) is 12.6. The molecule has 1 heterocycles. The Labute approximate surface area is 161 Å². The molecule has 3 rings (SSSR count). The van der Waals surface area contributed by atoms with Gasteiger partial charge >= 0.3 is 0 Å². The number of rotatable bonds is 4. The van der Waals surface area contributed by atoms with Gasteiger partial charge in [-0.15, -0.1) is 0 Å². The van der Waals surface area contributed by atoms with E-state index in [1.54, 1.807) is 12.1 Å². The number of para-hydroxylation sites is 2. The molecule has 3 N–H and O–H groups in total. The number of hydrogen-bond acceptors (Lipinski definition) is 3. The second kappa shape index (κ2) is 8.16. The number of amides is 1. The summed E-state index contributed by atoms with van der Waals surface area (Å²) in [7, 11) is 0. The number of hydrazine groups is 1. The van der Waals surface area contributed by atoms with Gasteiger partial charge in [-0.25, -0.2) is 4.98 Å². The molecule has 1 aromatic heterocycles. The SMILES string of the molecule is CCNC(=S)NNC(=O)Cn1c(-c2ccc(Cl)cc2)nc2ccccc21. The third kappa shape index (κ3) is 4.12. The third-order valence-electron chi connectivity index (χ3n) is 3.71. The predicted octanol–water partition coefficient (Wildman–Crippen LogP) is 2.87. The molecular formula is C18H18ClN5OS. The van der Waals surface area contributed by atoms with Crippen molar-refractivity contribution in [3.8, 4) is 11.4 Å². The molecule has 0 aliphatic carbocycles. The minimum absolute atomic E-state index is 0.0974. The molecule has 8 heteroatoms. The van der Waals surface area contributed by atoms with Gasteiger partial charge in [0.05, 0.1) is 11.0 Å². The number of nitrogens with one attached hydrogen (secondary N) is 3. The molecule has 0 saturated carbocycles. The average molecular weight is 388 g/mol. The van der Waals surface area contributed by atoms with Crippen LogP contribution in [0.2, 0.25) is 5.02 Å². The van der Waals surface area contributed by atoms with E-state index in [0.29, 0.717) is 22.5 Å². The van der Waals surface area contributed by atoms with Crippen LogP contribution in [0, 0.1) is 0 Å². The van der Waals surface area contributed by atoms with Gasteiger partial charge in [-0.2, -0.15) is 0 Å². The number of nitrogens with zero attached hydrogens (tertiary/aromatic N) is 2. The Morgan fingerprint density at radius 1 is 1.15 bits per heavy atom. The summed E-state index contributed by atoms with van der Waals surface area (Å²) in [6.45, 7) is 2.70. The number of aromatic nitrogens is 2. The van der Waals surface area contributed by atoms with Crippen LogP contribution in [-0.4, -0.2) is 27.1 Å². The maximum Gasteiger partial charge on any atom is 0.258 e. The molecule has 0 unspecified atom stereocenters. The van der Waals surface area contributed by atoms with E-state index in [2.05, 4.69) is 21.2 Å². The van der Waals surface area contributed by atoms with Gasteiger partial charge in [-0.1, -0.05) is 23.7 Å². The van der Waals surface area contributed by atoms with Crippen LogP contribution in [0.3, 0.4) is 0 Å². The Morgan fingerprint density at radius 3 is 2.62 bits per heavy atom. The first-order valence-corrected chi connectivity index (χ1v) is 8.91. The van der Waals surface area contributed by atoms with Crippen molar-refractivity contribution in [3.63, 3.8) is 0 Å². The van der Waals surface area contributed by atoms with Crippen molar-refractivity contribution in [2.45, 2.75) is 13.5 Å². The van der Waals surface area contributed by atoms with Crippen LogP contribution >= 0.6 is 23.8 Å². The molecule has 134 valence electrons. The molecule has 2 aromatic carbocycles. The van der Waals surface area contributed by atoms with Gasteiger partial charge in [0.15, 0.2) is 5.11 Å². The molecule has 0 spiro atoms. The fourth-order valence-electron chi connectivity index (χ4n) is 2.57. The number of carbonyl (C=O) groups is 1. The first kappa shape index (κ1) is 18.2. The summed E-state index contributed by atoms with van der Waals surface area (Å²) in [5, 5.41) is 3.92. The van der Waals surface area contributed by atoms with Crippen LogP contribution in [0.15, 0.2) is 48.5 Å². The van der Waals surface area contributed by atoms with Gasteiger partial charge in [0.1, 0.15) is 12.4 Å². The zero-order valence-corrected chi connectivity index (χ0v) is 15.7. The highest BCUT2D eigenvalue weighted by molar-refractivity contribution is 7.80. The smallest absolute Gasteiger partial charge is 0.258 e. The molecule has 0 bridgehead atoms. The van der Waals surface area contributed by atoms with E-state index in [-0.39, 0.29) is 12.5 Å². The molecule has 0 radical (unpaired) electrons. The zero-order valence-electron chi connectivity index (χ0n) is 14.1. The largest absolute Gasteiger partial charge is 0.362 e. The second-order valence-corrected chi connectivity index (χ2v) is 6.39. The fourth-order valence-corrected chi connectivity index (χ4v) is 2.89. The Balaban J connectivity index is 1.88. The summed E-state index contributed by atoms with van der Waals surface area (Å²) in [5.41, 5.74) is 7.86. The second-order valence-electron chi connectivity index (χ2n) is 5.55. The molecule has 1 amide bonds. The number of hydrogen-bond donors (Lipinski definition) is 3. The van der Waals surface area contributed by atoms with Crippen molar-refractivity contribution in [2.24, 2.45) is 0 Å². The van der Waals surface area contributed by atoms with Crippen molar-refractivity contribution in [3.05, 3.63) is 53.6 Å². The molecule has 0 fully saturated rings. The quantitative estimate of drug-likeness (QED) is 0.474. The summed E-state index contributed by atoms with van der Waals surface area (Å²) in [6.07, 6.45) is 0. The Morgan fingerprint density at radius 2 is 1.88 bits per heavy atom. The van der Waals surface area contributed by atoms with Crippen molar-refractivity contribution >= 4 is 45.9 Å². The predicted molar refractivity (Wildman–Crippen MR) is 108 cm³/mol. The monoisotopic (exact) mass is 387 g/mol. The van der Waals surface area contributed by atoms with Gasteiger partial charge in [0.2, 0.25) is 0 Å². The molecule has 0 aliphatic heterocycles. The van der Waals surface area contributed by atoms with E-state index < -0.39 is 0 Å². The standard InChI is InChI=1S/C18H18ClN5OS/c1-2-20-18(26)23-22-16(25)11-24-15-6-4-3-5-14(15)21-17(24)12-7-9-13(19)10-8-12/h3-10H,2,11H2,1H3,(H,22,25)(H2,20,23,26). The lowest BCUT2D eigenvalue weighted by molar-refractivity contribution is -0.122. The maximum atomic E-state index is 12.4. The van der Waals surface area contributed by atoms with Crippen molar-refractivity contribution in [1.29, 1.82) is 0 Å². The van der Waals surface area contributed by atoms with Crippen molar-refractivity contribution in [2.75, 3.05) is 6.54 Å². The highest BCUT2D eigenvalue weighted by atomic mass is 35.5. The van der Waals surface area contributed by atoms with Gasteiger partial charge in [-0.05, 0) is 55.5 Å². The molecular weight excluding hydrogens is 370 g/mol. The normalized spacial score (nSPS) is 10.5. The highest BCUT2D eigenvalue weighted by Gasteiger charge is 2.15. The summed E-state index contributed by atoms with van der Waals surface area (Å²) >= 11 is 11.0. The molecule has 26 heavy (non-hydrogen) atoms. The van der Waals surface area contributed by atoms with Crippen LogP contribution in [0.5, 0.6) is 0 Å². The van der Waals surface area contributed by atoms with Crippen LogP contribution < -0.4 is 16.2 Å². The van der Waals surface area contributed by atoms with Crippen LogP contribution in [0.25, 0.3) is 22.4 Å². The minimum atomic E-state index is -0.233. The van der Waals surface area contributed by atoms with E-state index in [1.807, 2.05) is 47.9 Å². The van der Waals surface area contributed by atoms with Gasteiger partial charge in [0.25, 0.3) is 5.91 Å². The third-order valence-corrected chi connectivity index (χ3v) is 4.21. The fraction of sp³-hybridized carbons (Fsp3) is 0.167. The van der Waals surface area contributed by atoms with Crippen LogP contribution in [0.1, 0.15) is 6.92 Å². The molecule has 0 saturated heterocycles. The Kier molecular flexibility index (Phi) is 5.70. The number of halogens is 1. The molecule has 3 aromatic rings. The number of thiocarbonyl (C=S) groups is 1. The maximum absolute atomic E-state index is 12.4. The number of fused-ring (bicyclic) bond motifs is 1. The molecule has 6 nitrogen and oxygen atoms in total. The van der Waals surface area contributed by atoms with E-state index in [9.17, 15) is 4.79 Å². The minimum Gasteiger partial charge on any atom is -0.362 e. The molecule has 0 atom stereocenters. The van der Waals surface area contributed by atoms with Crippen LogP contribution in [0.4, 0.5) is 0 Å². The van der Waals surface area contributed by atoms with E-state index in [1.165, 1.54) is 0 Å². The van der Waals surface area contributed by atoms with Crippen molar-refractivity contribution in [1.82, 2.24) is 25.7 Å². The van der Waals surface area contributed by atoms with Gasteiger partial charge in [0, 0.05) is 17.1 Å². The highest BCUT2D eigenvalue weighted by Crippen LogP contribution is 2.25. The number of imidazole rings is 1. The Bertz CT molecular complexity index is 938. The lowest BCUT2D eigenvalue weighted by atomic mass is 10.2. The average Bonchev–Trinajstić information content (AvgIpc) is 2.99. The number of carbonyl (C=O) groups excluding carboxylic acids is 1. The van der Waals surface area contributed by atoms with Gasteiger partial charge in [-0.3, -0.25) is 15.6 Å². The zero-order chi connectivity index (χ0) is 18.5.